The molecule has 0 saturated heterocycles. The molecule has 0 spiro atoms. The van der Waals surface area contributed by atoms with E-state index in [2.05, 4.69) is 47.7 Å². The summed E-state index contributed by atoms with van der Waals surface area (Å²) in [6, 6.07) is 0. The summed E-state index contributed by atoms with van der Waals surface area (Å²) in [6.07, 6.45) is 9.07. The average Bonchev–Trinajstić information content (AvgIpc) is 2.80. The minimum atomic E-state index is -1.47. The van der Waals surface area contributed by atoms with Crippen molar-refractivity contribution >= 4 is 8.24 Å². The SMILES string of the molecule is CC1(C)CC2CC3C(CCC3[Si](C)(C)[N-]C(C)(C)C)C[C@@H]2C1.[CH3-].[CH3-].[CH3-].[Ti+4]. The van der Waals surface area contributed by atoms with Gasteiger partial charge in [-0.15, -0.1) is 5.54 Å². The second-order valence-electron chi connectivity index (χ2n) is 11.1. The molecule has 0 bridgehead atoms. The van der Waals surface area contributed by atoms with E-state index in [1.807, 2.05) is 0 Å². The molecule has 3 rings (SSSR count). The van der Waals surface area contributed by atoms with Crippen molar-refractivity contribution in [3.05, 3.63) is 27.3 Å². The smallest absolute Gasteiger partial charge is 0.660 e. The third kappa shape index (κ3) is 6.19. The molecule has 0 aromatic heterocycles. The minimum Gasteiger partial charge on any atom is -0.660 e. The first-order valence-corrected chi connectivity index (χ1v) is 12.7. The second kappa shape index (κ2) is 9.59. The summed E-state index contributed by atoms with van der Waals surface area (Å²) in [5.41, 5.74) is 1.73. The van der Waals surface area contributed by atoms with Gasteiger partial charge in [0.1, 0.15) is 0 Å². The van der Waals surface area contributed by atoms with Crippen LogP contribution in [0, 0.1) is 51.4 Å². The molecule has 0 radical (unpaired) electrons. The average molecular weight is 414 g/mol. The Morgan fingerprint density at radius 3 is 1.85 bits per heavy atom. The van der Waals surface area contributed by atoms with Crippen molar-refractivity contribution in [1.82, 2.24) is 0 Å². The van der Waals surface area contributed by atoms with Crippen LogP contribution in [-0.4, -0.2) is 13.8 Å². The van der Waals surface area contributed by atoms with E-state index >= 15 is 0 Å². The molecular formula is C23H47NSiTi. The zero-order valence-electron chi connectivity index (χ0n) is 19.6. The maximum atomic E-state index is 5.37. The standard InChI is InChI=1S/C20H38NSi.3CH3.Ti/c1-19(2,3)21-22(6,7)18-9-8-14-10-15-12-20(4,5)13-16(15)11-17(14)18;;;;/h14-18H,8-13H2,1-7H3;3*1H3;/q4*-1;+4/t14?,15-,16?,17?,18?;;;;/m1..../s1. The van der Waals surface area contributed by atoms with Crippen LogP contribution >= 0.6 is 0 Å². The Balaban J connectivity index is 0. The first kappa shape index (κ1) is 29.1. The molecule has 4 unspecified atom stereocenters. The molecule has 0 heterocycles. The third-order valence-electron chi connectivity index (χ3n) is 6.98. The van der Waals surface area contributed by atoms with Crippen LogP contribution in [0.1, 0.15) is 73.1 Å². The molecule has 0 aliphatic heterocycles. The number of nitrogens with zero attached hydrogens (tertiary/aromatic N) is 1. The van der Waals surface area contributed by atoms with Gasteiger partial charge in [-0.3, -0.25) is 0 Å². The van der Waals surface area contributed by atoms with E-state index in [0.717, 1.165) is 29.2 Å². The summed E-state index contributed by atoms with van der Waals surface area (Å²) in [7, 11) is -1.47. The normalized spacial score (nSPS) is 35.0. The van der Waals surface area contributed by atoms with Gasteiger partial charge < -0.3 is 27.3 Å². The van der Waals surface area contributed by atoms with E-state index in [9.17, 15) is 0 Å². The molecule has 0 N–H and O–H groups in total. The van der Waals surface area contributed by atoms with Crippen LogP contribution in [0.2, 0.25) is 18.6 Å². The Morgan fingerprint density at radius 2 is 1.35 bits per heavy atom. The van der Waals surface area contributed by atoms with Crippen molar-refractivity contribution in [1.29, 1.82) is 0 Å². The molecule has 3 aliphatic carbocycles. The van der Waals surface area contributed by atoms with E-state index < -0.39 is 8.24 Å². The van der Waals surface area contributed by atoms with E-state index in [4.69, 9.17) is 4.98 Å². The number of rotatable bonds is 2. The van der Waals surface area contributed by atoms with Crippen LogP contribution in [0.4, 0.5) is 0 Å². The van der Waals surface area contributed by atoms with E-state index in [0.29, 0.717) is 5.41 Å². The van der Waals surface area contributed by atoms with Crippen molar-refractivity contribution in [2.45, 2.75) is 97.3 Å². The van der Waals surface area contributed by atoms with E-state index in [1.54, 1.807) is 12.8 Å². The largest absolute Gasteiger partial charge is 4.00 e. The molecule has 3 saturated carbocycles. The topological polar surface area (TPSA) is 14.1 Å². The van der Waals surface area contributed by atoms with Gasteiger partial charge in [-0.25, -0.2) is 0 Å². The Morgan fingerprint density at radius 1 is 0.846 bits per heavy atom. The van der Waals surface area contributed by atoms with Crippen LogP contribution in [0.25, 0.3) is 4.98 Å². The van der Waals surface area contributed by atoms with Crippen molar-refractivity contribution in [2.75, 3.05) is 0 Å². The van der Waals surface area contributed by atoms with Gasteiger partial charge >= 0.3 is 21.7 Å². The van der Waals surface area contributed by atoms with Crippen molar-refractivity contribution in [3.63, 3.8) is 0 Å². The van der Waals surface area contributed by atoms with Crippen LogP contribution in [0.15, 0.2) is 0 Å². The molecule has 152 valence electrons. The molecular weight excluding hydrogens is 366 g/mol. The van der Waals surface area contributed by atoms with Gasteiger partial charge in [0, 0.05) is 0 Å². The quantitative estimate of drug-likeness (QED) is 0.322. The maximum absolute atomic E-state index is 5.37. The molecule has 5 atom stereocenters. The molecule has 0 aromatic carbocycles. The predicted molar refractivity (Wildman–Crippen MR) is 119 cm³/mol. The Hall–Kier alpha value is 0.891. The van der Waals surface area contributed by atoms with Crippen LogP contribution < -0.4 is 0 Å². The summed E-state index contributed by atoms with van der Waals surface area (Å²) in [5, 5.41) is 0. The fraction of sp³-hybridized carbons (Fsp3) is 0.870. The van der Waals surface area contributed by atoms with Gasteiger partial charge in [0.2, 0.25) is 0 Å². The Bertz CT molecular complexity index is 426. The van der Waals surface area contributed by atoms with Crippen molar-refractivity contribution in [3.8, 4) is 0 Å². The molecule has 3 aliphatic rings. The van der Waals surface area contributed by atoms with E-state index in [1.165, 1.54) is 25.7 Å². The van der Waals surface area contributed by atoms with Crippen molar-refractivity contribution < 1.29 is 21.7 Å². The van der Waals surface area contributed by atoms with Gasteiger partial charge in [0.25, 0.3) is 0 Å². The summed E-state index contributed by atoms with van der Waals surface area (Å²) < 4.78 is 0. The van der Waals surface area contributed by atoms with Gasteiger partial charge in [0.05, 0.1) is 0 Å². The molecule has 0 amide bonds. The van der Waals surface area contributed by atoms with E-state index in [-0.39, 0.29) is 49.5 Å². The van der Waals surface area contributed by atoms with Crippen LogP contribution in [0.5, 0.6) is 0 Å². The zero-order chi connectivity index (χ0) is 16.3. The molecule has 3 heteroatoms. The zero-order valence-corrected chi connectivity index (χ0v) is 22.1. The minimum absolute atomic E-state index is 0. The molecule has 0 aromatic rings. The number of hydrogen-bond acceptors (Lipinski definition) is 0. The third-order valence-corrected chi connectivity index (χ3v) is 10.8. The number of hydrogen-bond donors (Lipinski definition) is 0. The van der Waals surface area contributed by atoms with Gasteiger partial charge in [-0.05, 0) is 54.8 Å². The van der Waals surface area contributed by atoms with Gasteiger partial charge in [-0.2, -0.15) is 0 Å². The summed E-state index contributed by atoms with van der Waals surface area (Å²) in [6.45, 7) is 17.0. The Labute approximate surface area is 183 Å². The molecule has 1 nitrogen and oxygen atoms in total. The molecule has 3 fully saturated rings. The Kier molecular flexibility index (Phi) is 10.7. The first-order chi connectivity index (χ1) is 9.97. The fourth-order valence-electron chi connectivity index (χ4n) is 6.75. The number of fused-ring (bicyclic) bond motifs is 2. The van der Waals surface area contributed by atoms with Gasteiger partial charge in [-0.1, -0.05) is 74.3 Å². The van der Waals surface area contributed by atoms with Crippen LogP contribution in [0.3, 0.4) is 0 Å². The predicted octanol–water partition coefficient (Wildman–Crippen LogP) is 7.95. The van der Waals surface area contributed by atoms with Crippen LogP contribution in [-0.2, 0) is 21.7 Å². The molecule has 26 heavy (non-hydrogen) atoms. The summed E-state index contributed by atoms with van der Waals surface area (Å²) in [5.74, 6) is 4.15. The van der Waals surface area contributed by atoms with Crippen molar-refractivity contribution in [2.24, 2.45) is 29.1 Å². The maximum Gasteiger partial charge on any atom is 4.00 e. The first-order valence-electron chi connectivity index (χ1n) is 9.71. The summed E-state index contributed by atoms with van der Waals surface area (Å²) in [4.78, 5) is 5.37. The van der Waals surface area contributed by atoms with Gasteiger partial charge in [0.15, 0.2) is 0 Å². The fourth-order valence-corrected chi connectivity index (χ4v) is 11.0. The summed E-state index contributed by atoms with van der Waals surface area (Å²) >= 11 is 0. The monoisotopic (exact) mass is 413 g/mol. The second-order valence-corrected chi connectivity index (χ2v) is 15.4.